The van der Waals surface area contributed by atoms with E-state index in [0.29, 0.717) is 11.8 Å². The minimum Gasteiger partial charge on any atom is -0.284 e. The fraction of sp³-hybridized carbons (Fsp3) is 0. The number of rotatable bonds is 0. The highest BCUT2D eigenvalue weighted by molar-refractivity contribution is 8.16. The van der Waals surface area contributed by atoms with Crippen LogP contribution in [0.25, 0.3) is 0 Å². The van der Waals surface area contributed by atoms with Gasteiger partial charge in [0.25, 0.3) is 5.12 Å². The number of carbonyl (C=O) groups excluding carboxylic acids is 2. The molecule has 0 saturated carbocycles. The van der Waals surface area contributed by atoms with Gasteiger partial charge in [-0.05, 0) is 23.9 Å². The third kappa shape index (κ3) is 0.881. The molecule has 0 fully saturated rings. The van der Waals surface area contributed by atoms with E-state index < -0.39 is 16.7 Å². The molecular weight excluding hydrogens is 179 g/mol. The number of thioether (sulfide) groups is 1. The Balaban J connectivity index is 2.68. The van der Waals surface area contributed by atoms with E-state index in [4.69, 9.17) is 0 Å². The van der Waals surface area contributed by atoms with E-state index >= 15 is 0 Å². The number of Topliss-reactive ketones (excluding diaryl/α,β-unsaturated/α-hetero) is 1. The number of ketones is 1. The van der Waals surface area contributed by atoms with Crippen LogP contribution in [-0.4, -0.2) is 10.9 Å². The summed E-state index contributed by atoms with van der Waals surface area (Å²) in [4.78, 5) is 22.0. The Labute approximate surface area is 71.8 Å². The van der Waals surface area contributed by atoms with Gasteiger partial charge in [-0.25, -0.2) is 4.39 Å². The highest BCUT2D eigenvalue weighted by Gasteiger charge is 2.31. The Morgan fingerprint density at radius 1 is 1.25 bits per heavy atom. The van der Waals surface area contributed by atoms with Crippen molar-refractivity contribution in [3.63, 3.8) is 0 Å². The number of hydrogen-bond donors (Lipinski definition) is 0. The van der Waals surface area contributed by atoms with Crippen LogP contribution in [-0.2, 0) is 4.79 Å². The van der Waals surface area contributed by atoms with E-state index in [1.54, 1.807) is 0 Å². The van der Waals surface area contributed by atoms with Crippen LogP contribution >= 0.6 is 11.8 Å². The van der Waals surface area contributed by atoms with Crippen molar-refractivity contribution in [3.8, 4) is 0 Å². The molecule has 1 aliphatic heterocycles. The number of fused-ring (bicyclic) bond motifs is 1. The van der Waals surface area contributed by atoms with Crippen molar-refractivity contribution in [1.29, 1.82) is 0 Å². The molecule has 0 bridgehead atoms. The summed E-state index contributed by atoms with van der Waals surface area (Å²) in [6, 6.07) is 4.11. The van der Waals surface area contributed by atoms with Crippen LogP contribution in [0.2, 0.25) is 0 Å². The van der Waals surface area contributed by atoms with Gasteiger partial charge in [0, 0.05) is 5.56 Å². The van der Waals surface area contributed by atoms with Crippen LogP contribution in [0.3, 0.4) is 0 Å². The van der Waals surface area contributed by atoms with E-state index in [2.05, 4.69) is 0 Å². The van der Waals surface area contributed by atoms with Gasteiger partial charge in [0.2, 0.25) is 5.78 Å². The fourth-order valence-corrected chi connectivity index (χ4v) is 1.86. The molecule has 4 heteroatoms. The smallest absolute Gasteiger partial charge is 0.264 e. The van der Waals surface area contributed by atoms with E-state index in [1.165, 1.54) is 18.2 Å². The van der Waals surface area contributed by atoms with E-state index in [1.807, 2.05) is 0 Å². The Morgan fingerprint density at radius 2 is 2.00 bits per heavy atom. The molecule has 0 unspecified atom stereocenters. The third-order valence-corrected chi connectivity index (χ3v) is 2.58. The lowest BCUT2D eigenvalue weighted by atomic mass is 10.1. The number of hydrogen-bond acceptors (Lipinski definition) is 3. The van der Waals surface area contributed by atoms with Crippen molar-refractivity contribution in [2.24, 2.45) is 0 Å². The van der Waals surface area contributed by atoms with Gasteiger partial charge >= 0.3 is 0 Å². The Hall–Kier alpha value is -1.16. The van der Waals surface area contributed by atoms with Crippen molar-refractivity contribution in [3.05, 3.63) is 29.6 Å². The number of benzene rings is 1. The van der Waals surface area contributed by atoms with Gasteiger partial charge < -0.3 is 0 Å². The zero-order valence-corrected chi connectivity index (χ0v) is 6.65. The van der Waals surface area contributed by atoms with Crippen molar-refractivity contribution < 1.29 is 14.0 Å². The van der Waals surface area contributed by atoms with Crippen LogP contribution in [0.1, 0.15) is 10.4 Å². The molecule has 0 aromatic heterocycles. The van der Waals surface area contributed by atoms with E-state index in [9.17, 15) is 14.0 Å². The maximum atomic E-state index is 12.9. The zero-order valence-electron chi connectivity index (χ0n) is 5.83. The highest BCUT2D eigenvalue weighted by Crippen LogP contribution is 2.34. The van der Waals surface area contributed by atoms with Gasteiger partial charge in [0.15, 0.2) is 0 Å². The fourth-order valence-electron chi connectivity index (χ4n) is 1.04. The molecule has 0 atom stereocenters. The molecule has 0 radical (unpaired) electrons. The van der Waals surface area contributed by atoms with Crippen LogP contribution in [0, 0.1) is 5.82 Å². The monoisotopic (exact) mass is 182 g/mol. The highest BCUT2D eigenvalue weighted by atomic mass is 32.2. The van der Waals surface area contributed by atoms with Crippen LogP contribution in [0.5, 0.6) is 0 Å². The topological polar surface area (TPSA) is 34.1 Å². The molecule has 60 valence electrons. The second-order valence-electron chi connectivity index (χ2n) is 2.34. The minimum atomic E-state index is -0.602. The molecule has 0 N–H and O–H groups in total. The average Bonchev–Trinajstić information content (AvgIpc) is 2.32. The summed E-state index contributed by atoms with van der Waals surface area (Å²) >= 11 is 0.662. The Kier molecular flexibility index (Phi) is 1.51. The molecule has 2 nitrogen and oxygen atoms in total. The second kappa shape index (κ2) is 2.42. The van der Waals surface area contributed by atoms with Gasteiger partial charge in [-0.3, -0.25) is 9.59 Å². The summed E-state index contributed by atoms with van der Waals surface area (Å²) in [6.45, 7) is 0. The first kappa shape index (κ1) is 7.49. The lowest BCUT2D eigenvalue weighted by Crippen LogP contribution is -2.01. The predicted molar refractivity (Wildman–Crippen MR) is 41.6 cm³/mol. The molecule has 0 amide bonds. The first-order valence-corrected chi connectivity index (χ1v) is 4.07. The Bertz CT molecular complexity index is 387. The molecule has 0 aliphatic carbocycles. The molecule has 1 aromatic rings. The van der Waals surface area contributed by atoms with E-state index in [-0.39, 0.29) is 10.5 Å². The third-order valence-electron chi connectivity index (χ3n) is 1.59. The summed E-state index contributed by atoms with van der Waals surface area (Å²) < 4.78 is 12.9. The second-order valence-corrected chi connectivity index (χ2v) is 3.32. The number of halogens is 1. The molecule has 0 spiro atoms. The van der Waals surface area contributed by atoms with Gasteiger partial charge in [0.1, 0.15) is 5.82 Å². The summed E-state index contributed by atoms with van der Waals surface area (Å²) in [5.41, 5.74) is 0.185. The average molecular weight is 182 g/mol. The standard InChI is InChI=1S/C8H3FO2S/c9-5-3-1-2-4-6(10)8(11)12-7(4)5/h1-3H. The predicted octanol–water partition coefficient (Wildman–Crippen LogP) is 1.64. The summed E-state index contributed by atoms with van der Waals surface area (Å²) in [6.07, 6.45) is 0. The van der Waals surface area contributed by atoms with Gasteiger partial charge in [0.05, 0.1) is 4.90 Å². The van der Waals surface area contributed by atoms with Crippen LogP contribution < -0.4 is 0 Å². The van der Waals surface area contributed by atoms with Crippen LogP contribution in [0.4, 0.5) is 4.39 Å². The number of carbonyl (C=O) groups is 2. The zero-order chi connectivity index (χ0) is 8.72. The van der Waals surface area contributed by atoms with Gasteiger partial charge in [-0.2, -0.15) is 0 Å². The Morgan fingerprint density at radius 3 is 2.67 bits per heavy atom. The summed E-state index contributed by atoms with van der Waals surface area (Å²) in [5.74, 6) is -1.11. The first-order valence-electron chi connectivity index (χ1n) is 3.25. The SMILES string of the molecule is O=C1Sc2c(F)cccc2C1=O. The molecule has 1 heterocycles. The van der Waals surface area contributed by atoms with Gasteiger partial charge in [-0.15, -0.1) is 0 Å². The summed E-state index contributed by atoms with van der Waals surface area (Å²) in [5, 5.41) is -0.602. The van der Waals surface area contributed by atoms with Crippen molar-refractivity contribution in [1.82, 2.24) is 0 Å². The summed E-state index contributed by atoms with van der Waals surface area (Å²) in [7, 11) is 0. The molecule has 1 aromatic carbocycles. The quantitative estimate of drug-likeness (QED) is 0.572. The molecular formula is C8H3FO2S. The molecule has 1 aliphatic rings. The maximum absolute atomic E-state index is 12.9. The molecule has 0 saturated heterocycles. The van der Waals surface area contributed by atoms with E-state index in [0.717, 1.165) is 0 Å². The van der Waals surface area contributed by atoms with Crippen molar-refractivity contribution >= 4 is 22.7 Å². The minimum absolute atomic E-state index is 0.160. The first-order chi connectivity index (χ1) is 5.70. The molecule has 2 rings (SSSR count). The van der Waals surface area contributed by atoms with Crippen molar-refractivity contribution in [2.75, 3.05) is 0 Å². The largest absolute Gasteiger partial charge is 0.284 e. The lowest BCUT2D eigenvalue weighted by Gasteiger charge is -1.93. The normalized spacial score (nSPS) is 15.1. The molecule has 12 heavy (non-hydrogen) atoms. The van der Waals surface area contributed by atoms with Crippen LogP contribution in [0.15, 0.2) is 23.1 Å². The maximum Gasteiger partial charge on any atom is 0.264 e. The van der Waals surface area contributed by atoms with Gasteiger partial charge in [-0.1, -0.05) is 6.07 Å². The lowest BCUT2D eigenvalue weighted by molar-refractivity contribution is -0.107. The van der Waals surface area contributed by atoms with Crippen molar-refractivity contribution in [2.45, 2.75) is 4.90 Å².